The summed E-state index contributed by atoms with van der Waals surface area (Å²) in [6, 6.07) is 0. The van der Waals surface area contributed by atoms with E-state index in [0.29, 0.717) is 0 Å². The van der Waals surface area contributed by atoms with Gasteiger partial charge in [-0.15, -0.1) is 0 Å². The van der Waals surface area contributed by atoms with Crippen LogP contribution >= 0.6 is 0 Å². The lowest BCUT2D eigenvalue weighted by atomic mass is 9.72. The molecule has 0 unspecified atom stereocenters. The normalized spacial score (nSPS) is 39.6. The van der Waals surface area contributed by atoms with Gasteiger partial charge in [-0.3, -0.25) is 4.79 Å². The average Bonchev–Trinajstić information content (AvgIpc) is 2.20. The maximum Gasteiger partial charge on any atom is 0.236 e. The second-order valence-corrected chi connectivity index (χ2v) is 5.33. The highest BCUT2D eigenvalue weighted by atomic mass is 16.2. The Morgan fingerprint density at radius 2 is 1.87 bits per heavy atom. The second-order valence-electron chi connectivity index (χ2n) is 5.33. The van der Waals surface area contributed by atoms with Crippen LogP contribution in [-0.4, -0.2) is 43.3 Å². The van der Waals surface area contributed by atoms with Crippen molar-refractivity contribution in [3.05, 3.63) is 0 Å². The van der Waals surface area contributed by atoms with Gasteiger partial charge in [0.1, 0.15) is 0 Å². The Morgan fingerprint density at radius 3 is 2.33 bits per heavy atom. The third-order valence-corrected chi connectivity index (χ3v) is 4.01. The number of nitrogens with zero attached hydrogens (tertiary/aromatic N) is 2. The van der Waals surface area contributed by atoms with Gasteiger partial charge in [0.15, 0.2) is 0 Å². The number of fused-ring (bicyclic) bond motifs is 3. The zero-order chi connectivity index (χ0) is 10.9. The first kappa shape index (κ1) is 10.6. The molecule has 0 aromatic rings. The summed E-state index contributed by atoms with van der Waals surface area (Å²) in [6.07, 6.45) is 5.63. The standard InChI is InChI=1S/C11H19N3O/c1-10(15)13-12-9-11-3-6-14(2,7-4-11)8-5-11/h9H,3-8H2,1-2H3/p+1/b12-9+. The van der Waals surface area contributed by atoms with Gasteiger partial charge >= 0.3 is 0 Å². The monoisotopic (exact) mass is 210 g/mol. The van der Waals surface area contributed by atoms with Crippen molar-refractivity contribution in [1.82, 2.24) is 5.43 Å². The molecule has 3 rings (SSSR count). The quantitative estimate of drug-likeness (QED) is 0.407. The van der Waals surface area contributed by atoms with Crippen molar-refractivity contribution in [1.29, 1.82) is 0 Å². The van der Waals surface area contributed by atoms with Crippen molar-refractivity contribution >= 4 is 12.1 Å². The van der Waals surface area contributed by atoms with Gasteiger partial charge in [0.05, 0.1) is 26.7 Å². The summed E-state index contributed by atoms with van der Waals surface area (Å²) in [5.74, 6) is -0.0881. The van der Waals surface area contributed by atoms with Crippen LogP contribution in [0.25, 0.3) is 0 Å². The predicted octanol–water partition coefficient (Wildman–Crippen LogP) is 0.739. The summed E-state index contributed by atoms with van der Waals surface area (Å²) in [5, 5.41) is 4.05. The molecular weight excluding hydrogens is 190 g/mol. The van der Waals surface area contributed by atoms with Crippen LogP contribution in [0.5, 0.6) is 0 Å². The molecular formula is C11H20N3O+. The van der Waals surface area contributed by atoms with E-state index in [4.69, 9.17) is 0 Å². The summed E-state index contributed by atoms with van der Waals surface area (Å²) in [5.41, 5.74) is 2.78. The Morgan fingerprint density at radius 1 is 1.33 bits per heavy atom. The number of carbonyl (C=O) groups is 1. The number of piperidine rings is 3. The number of rotatable bonds is 2. The molecule has 0 radical (unpaired) electrons. The van der Waals surface area contributed by atoms with Crippen LogP contribution in [0.1, 0.15) is 26.2 Å². The van der Waals surface area contributed by atoms with Crippen molar-refractivity contribution in [3.8, 4) is 0 Å². The van der Waals surface area contributed by atoms with Crippen molar-refractivity contribution in [3.63, 3.8) is 0 Å². The lowest BCUT2D eigenvalue weighted by molar-refractivity contribution is -0.926. The van der Waals surface area contributed by atoms with E-state index in [2.05, 4.69) is 17.6 Å². The Balaban J connectivity index is 1.97. The molecule has 3 saturated heterocycles. The molecule has 0 spiro atoms. The zero-order valence-electron chi connectivity index (χ0n) is 9.62. The van der Waals surface area contributed by atoms with Gasteiger partial charge in [-0.1, -0.05) is 0 Å². The minimum atomic E-state index is -0.0881. The Kier molecular flexibility index (Phi) is 2.54. The van der Waals surface area contributed by atoms with Gasteiger partial charge in [0, 0.05) is 37.8 Å². The molecule has 3 aliphatic heterocycles. The fraction of sp³-hybridized carbons (Fsp3) is 0.818. The molecule has 0 saturated carbocycles. The van der Waals surface area contributed by atoms with Crippen LogP contribution in [0, 0.1) is 5.41 Å². The van der Waals surface area contributed by atoms with E-state index in [-0.39, 0.29) is 11.3 Å². The summed E-state index contributed by atoms with van der Waals surface area (Å²) in [6.45, 7) is 5.26. The maximum absolute atomic E-state index is 10.7. The van der Waals surface area contributed by atoms with Crippen molar-refractivity contribution < 1.29 is 9.28 Å². The number of hydrogen-bond acceptors (Lipinski definition) is 2. The van der Waals surface area contributed by atoms with E-state index in [1.54, 1.807) is 0 Å². The van der Waals surface area contributed by atoms with Gasteiger partial charge in [-0.2, -0.15) is 5.10 Å². The lowest BCUT2D eigenvalue weighted by Crippen LogP contribution is -2.59. The molecule has 0 aromatic carbocycles. The first-order chi connectivity index (χ1) is 7.04. The SMILES string of the molecule is CC(=O)N/N=C/C12CC[N+](C)(CC1)CC2. The van der Waals surface area contributed by atoms with Crippen LogP contribution in [0.2, 0.25) is 0 Å². The molecule has 3 aliphatic rings. The number of hydrazone groups is 1. The molecule has 1 N–H and O–H groups in total. The van der Waals surface area contributed by atoms with Crippen LogP contribution in [0.3, 0.4) is 0 Å². The van der Waals surface area contributed by atoms with Gasteiger partial charge < -0.3 is 4.48 Å². The minimum absolute atomic E-state index is 0.0881. The number of hydrogen-bond donors (Lipinski definition) is 1. The lowest BCUT2D eigenvalue weighted by Gasteiger charge is -2.51. The molecule has 0 aromatic heterocycles. The number of amides is 1. The van der Waals surface area contributed by atoms with Crippen LogP contribution in [0.4, 0.5) is 0 Å². The fourth-order valence-electron chi connectivity index (χ4n) is 2.64. The first-order valence-electron chi connectivity index (χ1n) is 5.68. The Hall–Kier alpha value is -0.900. The third-order valence-electron chi connectivity index (χ3n) is 4.01. The van der Waals surface area contributed by atoms with Crippen molar-refractivity contribution in [2.75, 3.05) is 26.7 Å². The van der Waals surface area contributed by atoms with Crippen LogP contribution in [0.15, 0.2) is 5.10 Å². The van der Waals surface area contributed by atoms with E-state index in [1.807, 2.05) is 6.21 Å². The van der Waals surface area contributed by atoms with Gasteiger partial charge in [0.2, 0.25) is 5.91 Å². The molecule has 0 atom stereocenters. The molecule has 3 heterocycles. The molecule has 1 amide bonds. The molecule has 84 valence electrons. The molecule has 3 fully saturated rings. The van der Waals surface area contributed by atoms with Gasteiger partial charge in [-0.05, 0) is 0 Å². The highest BCUT2D eigenvalue weighted by Crippen LogP contribution is 2.41. The number of carbonyl (C=O) groups excluding carboxylic acids is 1. The van der Waals surface area contributed by atoms with E-state index in [9.17, 15) is 4.79 Å². The molecule has 4 heteroatoms. The topological polar surface area (TPSA) is 41.5 Å². The molecule has 2 bridgehead atoms. The van der Waals surface area contributed by atoms with Crippen LogP contribution < -0.4 is 5.43 Å². The van der Waals surface area contributed by atoms with Gasteiger partial charge in [-0.25, -0.2) is 5.43 Å². The van der Waals surface area contributed by atoms with E-state index < -0.39 is 0 Å². The van der Waals surface area contributed by atoms with Gasteiger partial charge in [0.25, 0.3) is 0 Å². The average molecular weight is 210 g/mol. The predicted molar refractivity (Wildman–Crippen MR) is 59.4 cm³/mol. The summed E-state index contributed by atoms with van der Waals surface area (Å²) in [7, 11) is 2.34. The molecule has 4 nitrogen and oxygen atoms in total. The largest absolute Gasteiger partial charge is 0.326 e. The molecule has 15 heavy (non-hydrogen) atoms. The summed E-state index contributed by atoms with van der Waals surface area (Å²) >= 11 is 0. The van der Waals surface area contributed by atoms with Crippen LogP contribution in [-0.2, 0) is 4.79 Å². The van der Waals surface area contributed by atoms with E-state index in [0.717, 1.165) is 0 Å². The highest BCUT2D eigenvalue weighted by molar-refractivity contribution is 5.75. The molecule has 0 aliphatic carbocycles. The van der Waals surface area contributed by atoms with E-state index >= 15 is 0 Å². The van der Waals surface area contributed by atoms with Crippen molar-refractivity contribution in [2.45, 2.75) is 26.2 Å². The Labute approximate surface area is 90.9 Å². The summed E-state index contributed by atoms with van der Waals surface area (Å²) < 4.78 is 1.23. The van der Waals surface area contributed by atoms with Crippen molar-refractivity contribution in [2.24, 2.45) is 10.5 Å². The Bertz CT molecular complexity index is 274. The number of nitrogens with one attached hydrogen (secondary N) is 1. The zero-order valence-corrected chi connectivity index (χ0v) is 9.62. The number of quaternary nitrogens is 1. The third kappa shape index (κ3) is 2.20. The fourth-order valence-corrected chi connectivity index (χ4v) is 2.64. The maximum atomic E-state index is 10.7. The van der Waals surface area contributed by atoms with E-state index in [1.165, 1.54) is 50.3 Å². The smallest absolute Gasteiger partial charge is 0.236 e. The minimum Gasteiger partial charge on any atom is -0.326 e. The second kappa shape index (κ2) is 3.59. The first-order valence-corrected chi connectivity index (χ1v) is 5.68. The summed E-state index contributed by atoms with van der Waals surface area (Å²) in [4.78, 5) is 10.7. The highest BCUT2D eigenvalue weighted by Gasteiger charge is 2.45.